The van der Waals surface area contributed by atoms with Gasteiger partial charge in [0.2, 0.25) is 5.95 Å². The number of rotatable bonds is 8. The number of nitrogens with zero attached hydrogens (tertiary/aromatic N) is 2. The maximum absolute atomic E-state index is 11.6. The Hall–Kier alpha value is -3.02. The number of aromatic nitrogens is 2. The predicted octanol–water partition coefficient (Wildman–Crippen LogP) is 6.81. The number of nitrogens with one attached hydrogen (secondary N) is 1. The fourth-order valence-electron chi connectivity index (χ4n) is 5.00. The summed E-state index contributed by atoms with van der Waals surface area (Å²) in [7, 11) is 1.43. The SMILES string of the molecule is COC(=O)CCc1ccc2c(c1)nc(Nc1ccc(OC(C)C)cc1)n2[C@@H]1CCCC(C)(C)C1. The first kappa shape index (κ1) is 24.1. The first-order chi connectivity index (χ1) is 16.2. The largest absolute Gasteiger partial charge is 0.491 e. The van der Waals surface area contributed by atoms with Gasteiger partial charge in [0, 0.05) is 18.2 Å². The van der Waals surface area contributed by atoms with Crippen LogP contribution in [0.25, 0.3) is 11.0 Å². The topological polar surface area (TPSA) is 65.4 Å². The molecule has 1 fully saturated rings. The Balaban J connectivity index is 1.67. The van der Waals surface area contributed by atoms with Crippen LogP contribution < -0.4 is 10.1 Å². The van der Waals surface area contributed by atoms with Gasteiger partial charge in [-0.3, -0.25) is 4.79 Å². The fraction of sp³-hybridized carbons (Fsp3) is 0.500. The van der Waals surface area contributed by atoms with Crippen LogP contribution in [0.4, 0.5) is 11.6 Å². The van der Waals surface area contributed by atoms with Gasteiger partial charge in [0.15, 0.2) is 0 Å². The molecule has 1 atom stereocenters. The van der Waals surface area contributed by atoms with Crippen molar-refractivity contribution >= 4 is 28.6 Å². The minimum atomic E-state index is -0.192. The molecule has 3 aromatic rings. The zero-order valence-electron chi connectivity index (χ0n) is 21.1. The number of carbonyl (C=O) groups is 1. The smallest absolute Gasteiger partial charge is 0.305 e. The molecule has 2 aromatic carbocycles. The molecule has 4 rings (SSSR count). The Kier molecular flexibility index (Phi) is 7.15. The Morgan fingerprint density at radius 2 is 1.97 bits per heavy atom. The molecule has 6 nitrogen and oxygen atoms in total. The molecule has 0 saturated heterocycles. The highest BCUT2D eigenvalue weighted by Crippen LogP contribution is 2.43. The van der Waals surface area contributed by atoms with Gasteiger partial charge in [0.25, 0.3) is 0 Å². The molecule has 1 aliphatic carbocycles. The maximum atomic E-state index is 11.6. The molecule has 1 N–H and O–H groups in total. The Morgan fingerprint density at radius 3 is 2.65 bits per heavy atom. The van der Waals surface area contributed by atoms with E-state index in [1.54, 1.807) is 0 Å². The second kappa shape index (κ2) is 10.1. The number of benzene rings is 2. The van der Waals surface area contributed by atoms with Gasteiger partial charge in [-0.1, -0.05) is 26.3 Å². The fourth-order valence-corrected chi connectivity index (χ4v) is 5.00. The minimum Gasteiger partial charge on any atom is -0.491 e. The lowest BCUT2D eigenvalue weighted by atomic mass is 9.75. The van der Waals surface area contributed by atoms with Crippen LogP contribution in [0.3, 0.4) is 0 Å². The molecule has 34 heavy (non-hydrogen) atoms. The number of carbonyl (C=O) groups excluding carboxylic acids is 1. The molecule has 0 amide bonds. The van der Waals surface area contributed by atoms with Crippen molar-refractivity contribution in [2.75, 3.05) is 12.4 Å². The van der Waals surface area contributed by atoms with E-state index >= 15 is 0 Å². The van der Waals surface area contributed by atoms with Gasteiger partial charge in [0.1, 0.15) is 5.75 Å². The number of fused-ring (bicyclic) bond motifs is 1. The van der Waals surface area contributed by atoms with Gasteiger partial charge < -0.3 is 19.4 Å². The van der Waals surface area contributed by atoms with Crippen LogP contribution in [0.1, 0.15) is 71.4 Å². The highest BCUT2D eigenvalue weighted by atomic mass is 16.5. The summed E-state index contributed by atoms with van der Waals surface area (Å²) in [6.45, 7) is 8.78. The summed E-state index contributed by atoms with van der Waals surface area (Å²) in [6.07, 6.45) is 5.91. The Bertz CT molecular complexity index is 1130. The zero-order valence-corrected chi connectivity index (χ0v) is 21.1. The molecule has 0 aliphatic heterocycles. The van der Waals surface area contributed by atoms with Crippen molar-refractivity contribution in [2.45, 2.75) is 78.4 Å². The summed E-state index contributed by atoms with van der Waals surface area (Å²) in [5.41, 5.74) is 4.47. The monoisotopic (exact) mass is 463 g/mol. The summed E-state index contributed by atoms with van der Waals surface area (Å²) in [5.74, 6) is 1.53. The number of esters is 1. The molecular formula is C28H37N3O3. The van der Waals surface area contributed by atoms with Crippen LogP contribution in [-0.2, 0) is 16.0 Å². The normalized spacial score (nSPS) is 17.6. The quantitative estimate of drug-likeness (QED) is 0.372. The van der Waals surface area contributed by atoms with Crippen molar-refractivity contribution in [3.05, 3.63) is 48.0 Å². The van der Waals surface area contributed by atoms with Crippen LogP contribution in [0, 0.1) is 5.41 Å². The molecular weight excluding hydrogens is 426 g/mol. The number of aryl methyl sites for hydroxylation is 1. The summed E-state index contributed by atoms with van der Waals surface area (Å²) in [4.78, 5) is 16.6. The van der Waals surface area contributed by atoms with E-state index < -0.39 is 0 Å². The minimum absolute atomic E-state index is 0.144. The molecule has 0 radical (unpaired) electrons. The van der Waals surface area contributed by atoms with Gasteiger partial charge in [-0.05, 0) is 86.9 Å². The van der Waals surface area contributed by atoms with E-state index in [1.165, 1.54) is 20.0 Å². The van der Waals surface area contributed by atoms with Gasteiger partial charge >= 0.3 is 5.97 Å². The van der Waals surface area contributed by atoms with Gasteiger partial charge in [0.05, 0.1) is 24.2 Å². The zero-order chi connectivity index (χ0) is 24.3. The summed E-state index contributed by atoms with van der Waals surface area (Å²) < 4.78 is 13.0. The highest BCUT2D eigenvalue weighted by Gasteiger charge is 2.31. The van der Waals surface area contributed by atoms with Crippen molar-refractivity contribution < 1.29 is 14.3 Å². The van der Waals surface area contributed by atoms with E-state index in [-0.39, 0.29) is 12.1 Å². The standard InChI is InChI=1S/C28H37N3O3/c1-19(2)34-23-12-10-21(11-13-23)29-27-30-24-17-20(9-15-26(32)33-5)8-14-25(24)31(27)22-7-6-16-28(3,4)18-22/h8,10-14,17,19,22H,6-7,9,15-16,18H2,1-5H3,(H,29,30)/t22-/m1/s1. The van der Waals surface area contributed by atoms with Crippen LogP contribution in [0.2, 0.25) is 0 Å². The molecule has 1 aromatic heterocycles. The van der Waals surface area contributed by atoms with E-state index in [1.807, 2.05) is 38.1 Å². The Labute approximate surface area is 202 Å². The number of anilines is 2. The second-order valence-corrected chi connectivity index (χ2v) is 10.4. The first-order valence-electron chi connectivity index (χ1n) is 12.4. The molecule has 182 valence electrons. The molecule has 0 bridgehead atoms. The van der Waals surface area contributed by atoms with Crippen molar-refractivity contribution in [3.63, 3.8) is 0 Å². The van der Waals surface area contributed by atoms with E-state index in [4.69, 9.17) is 14.5 Å². The van der Waals surface area contributed by atoms with Crippen LogP contribution in [0.15, 0.2) is 42.5 Å². The molecule has 1 heterocycles. The van der Waals surface area contributed by atoms with Crippen molar-refractivity contribution in [1.29, 1.82) is 0 Å². The predicted molar refractivity (Wildman–Crippen MR) is 137 cm³/mol. The molecule has 0 unspecified atom stereocenters. The number of imidazole rings is 1. The van der Waals surface area contributed by atoms with Crippen LogP contribution in [-0.4, -0.2) is 28.7 Å². The van der Waals surface area contributed by atoms with Gasteiger partial charge in [-0.2, -0.15) is 0 Å². The molecule has 1 saturated carbocycles. The summed E-state index contributed by atoms with van der Waals surface area (Å²) in [5, 5.41) is 3.57. The third kappa shape index (κ3) is 5.72. The van der Waals surface area contributed by atoms with Gasteiger partial charge in [-0.25, -0.2) is 4.98 Å². The third-order valence-corrected chi connectivity index (χ3v) is 6.63. The number of hydrogen-bond donors (Lipinski definition) is 1. The number of hydrogen-bond acceptors (Lipinski definition) is 5. The van der Waals surface area contributed by atoms with E-state index in [0.717, 1.165) is 46.8 Å². The van der Waals surface area contributed by atoms with Crippen LogP contribution >= 0.6 is 0 Å². The molecule has 0 spiro atoms. The molecule has 1 aliphatic rings. The number of ether oxygens (including phenoxy) is 2. The van der Waals surface area contributed by atoms with Crippen molar-refractivity contribution in [3.8, 4) is 5.75 Å². The van der Waals surface area contributed by atoms with Gasteiger partial charge in [-0.15, -0.1) is 0 Å². The van der Waals surface area contributed by atoms with Crippen molar-refractivity contribution in [2.24, 2.45) is 5.41 Å². The van der Waals surface area contributed by atoms with Crippen LogP contribution in [0.5, 0.6) is 5.75 Å². The van der Waals surface area contributed by atoms with E-state index in [9.17, 15) is 4.79 Å². The maximum Gasteiger partial charge on any atom is 0.305 e. The highest BCUT2D eigenvalue weighted by molar-refractivity contribution is 5.81. The van der Waals surface area contributed by atoms with E-state index in [2.05, 4.69) is 41.9 Å². The van der Waals surface area contributed by atoms with E-state index in [0.29, 0.717) is 24.3 Å². The lowest BCUT2D eigenvalue weighted by Crippen LogP contribution is -2.25. The summed E-state index contributed by atoms with van der Waals surface area (Å²) >= 11 is 0. The third-order valence-electron chi connectivity index (χ3n) is 6.63. The van der Waals surface area contributed by atoms with Crippen molar-refractivity contribution in [1.82, 2.24) is 9.55 Å². The average Bonchev–Trinajstić information content (AvgIpc) is 3.14. The lowest BCUT2D eigenvalue weighted by molar-refractivity contribution is -0.140. The lowest BCUT2D eigenvalue weighted by Gasteiger charge is -2.36. The first-order valence-corrected chi connectivity index (χ1v) is 12.4. The summed E-state index contributed by atoms with van der Waals surface area (Å²) in [6, 6.07) is 14.8. The Morgan fingerprint density at radius 1 is 1.21 bits per heavy atom. The second-order valence-electron chi connectivity index (χ2n) is 10.4. The number of methoxy groups -OCH3 is 1. The molecule has 6 heteroatoms. The average molecular weight is 464 g/mol.